The number of sulfone groups is 1. The van der Waals surface area contributed by atoms with Crippen molar-refractivity contribution in [1.29, 1.82) is 0 Å². The molecule has 10 nitrogen and oxygen atoms in total. The van der Waals surface area contributed by atoms with Gasteiger partial charge in [0, 0.05) is 19.2 Å². The molecule has 0 saturated carbocycles. The largest absolute Gasteiger partial charge is 0.465 e. The van der Waals surface area contributed by atoms with E-state index in [9.17, 15) is 18.0 Å². The van der Waals surface area contributed by atoms with E-state index in [1.54, 1.807) is 11.0 Å². The number of pyridine rings is 2. The Labute approximate surface area is 180 Å². The highest BCUT2D eigenvalue weighted by atomic mass is 127. The van der Waals surface area contributed by atoms with Crippen molar-refractivity contribution in [2.45, 2.75) is 24.4 Å². The average Bonchev–Trinajstić information content (AvgIpc) is 3.03. The van der Waals surface area contributed by atoms with E-state index in [4.69, 9.17) is 9.84 Å². The Morgan fingerprint density at radius 1 is 1.41 bits per heavy atom. The minimum atomic E-state index is -3.43. The van der Waals surface area contributed by atoms with E-state index in [2.05, 4.69) is 15.3 Å². The Bertz CT molecular complexity index is 1060. The number of carboxylic acid groups (broad SMARTS) is 1. The van der Waals surface area contributed by atoms with Gasteiger partial charge in [-0.1, -0.05) is 0 Å². The molecule has 1 saturated heterocycles. The van der Waals surface area contributed by atoms with Gasteiger partial charge in [-0.25, -0.2) is 23.2 Å². The van der Waals surface area contributed by atoms with Crippen LogP contribution in [0.2, 0.25) is 0 Å². The summed E-state index contributed by atoms with van der Waals surface area (Å²) in [5.41, 5.74) is 0.372. The number of halogens is 1. The fourth-order valence-corrected chi connectivity index (χ4v) is 3.82. The lowest BCUT2D eigenvalue weighted by molar-refractivity contribution is -0.128. The molecule has 0 bridgehead atoms. The quantitative estimate of drug-likeness (QED) is 0.542. The van der Waals surface area contributed by atoms with Crippen molar-refractivity contribution in [3.63, 3.8) is 0 Å². The van der Waals surface area contributed by atoms with Crippen LogP contribution in [0.5, 0.6) is 11.5 Å². The molecule has 0 spiro atoms. The van der Waals surface area contributed by atoms with Gasteiger partial charge in [0.05, 0.1) is 16.3 Å². The predicted octanol–water partition coefficient (Wildman–Crippen LogP) is 2.49. The summed E-state index contributed by atoms with van der Waals surface area (Å²) in [6.07, 6.45) is 2.28. The van der Waals surface area contributed by atoms with Crippen molar-refractivity contribution in [3.8, 4) is 11.5 Å². The third-order valence-corrected chi connectivity index (χ3v) is 5.89. The number of nitrogens with zero attached hydrogens (tertiary/aromatic N) is 3. The monoisotopic (exact) mass is 532 g/mol. The highest BCUT2D eigenvalue weighted by molar-refractivity contribution is 14.1. The first-order valence-corrected chi connectivity index (χ1v) is 11.4. The molecule has 1 aliphatic heterocycles. The summed E-state index contributed by atoms with van der Waals surface area (Å²) in [6, 6.07) is 4.39. The van der Waals surface area contributed by atoms with Crippen molar-refractivity contribution < 1.29 is 27.9 Å². The van der Waals surface area contributed by atoms with Gasteiger partial charge in [0.15, 0.2) is 20.6 Å². The summed E-state index contributed by atoms with van der Waals surface area (Å²) in [5, 5.41) is 11.1. The Morgan fingerprint density at radius 2 is 2.17 bits per heavy atom. The van der Waals surface area contributed by atoms with Crippen LogP contribution < -0.4 is 10.1 Å². The van der Waals surface area contributed by atoms with Crippen molar-refractivity contribution in [2.75, 3.05) is 18.1 Å². The van der Waals surface area contributed by atoms with Crippen LogP contribution in [0.25, 0.3) is 0 Å². The normalized spacial score (nSPS) is 14.1. The average molecular weight is 532 g/mol. The van der Waals surface area contributed by atoms with Crippen LogP contribution >= 0.6 is 22.6 Å². The van der Waals surface area contributed by atoms with Gasteiger partial charge in [0.2, 0.25) is 5.91 Å². The first-order valence-electron chi connectivity index (χ1n) is 8.44. The smallest absolute Gasteiger partial charge is 0.410 e. The van der Waals surface area contributed by atoms with Gasteiger partial charge in [-0.3, -0.25) is 10.1 Å². The minimum absolute atomic E-state index is 0.0109. The van der Waals surface area contributed by atoms with Crippen LogP contribution in [0.15, 0.2) is 29.4 Å². The van der Waals surface area contributed by atoms with E-state index >= 15 is 0 Å². The highest BCUT2D eigenvalue weighted by Crippen LogP contribution is 2.31. The van der Waals surface area contributed by atoms with Crippen LogP contribution in [0.4, 0.5) is 10.6 Å². The van der Waals surface area contributed by atoms with Crippen LogP contribution in [-0.2, 0) is 21.2 Å². The Hall–Kier alpha value is -2.48. The lowest BCUT2D eigenvalue weighted by Gasteiger charge is -2.19. The number of rotatable bonds is 6. The summed E-state index contributed by atoms with van der Waals surface area (Å²) in [5.74, 6) is 0.725. The molecule has 2 aromatic rings. The highest BCUT2D eigenvalue weighted by Gasteiger charge is 2.24. The molecule has 0 unspecified atom stereocenters. The number of anilines is 1. The molecule has 1 aliphatic rings. The number of likely N-dealkylation sites (tertiary alicyclic amines) is 1. The third kappa shape index (κ3) is 5.32. The number of carbonyl (C=O) groups excluding carboxylic acids is 1. The molecule has 2 aromatic heterocycles. The van der Waals surface area contributed by atoms with Gasteiger partial charge >= 0.3 is 6.09 Å². The van der Waals surface area contributed by atoms with Gasteiger partial charge in [0.1, 0.15) is 17.3 Å². The van der Waals surface area contributed by atoms with E-state index in [0.717, 1.165) is 12.7 Å². The van der Waals surface area contributed by atoms with Crippen LogP contribution in [0, 0.1) is 3.57 Å². The maximum absolute atomic E-state index is 12.0. The molecule has 0 aromatic carbocycles. The van der Waals surface area contributed by atoms with Crippen molar-refractivity contribution in [1.82, 2.24) is 14.9 Å². The molecule has 0 radical (unpaired) electrons. The van der Waals surface area contributed by atoms with E-state index in [-0.39, 0.29) is 29.0 Å². The van der Waals surface area contributed by atoms with Gasteiger partial charge in [-0.15, -0.1) is 0 Å². The van der Waals surface area contributed by atoms with Gasteiger partial charge < -0.3 is 14.7 Å². The molecule has 2 amide bonds. The standard InChI is InChI=1S/C17H17IN4O6S/c1-29(26,27)14-5-4-10(8-19-14)28-13-7-11(18)16(21-17(24)25)20-12(13)9-22-6-2-3-15(22)23/h4-5,7-8H,2-3,6,9H2,1H3,(H,20,21)(H,24,25). The van der Waals surface area contributed by atoms with Crippen LogP contribution in [-0.4, -0.2) is 53.2 Å². The first kappa shape index (κ1) is 21.2. The molecule has 3 heterocycles. The zero-order valence-electron chi connectivity index (χ0n) is 15.3. The minimum Gasteiger partial charge on any atom is -0.465 e. The predicted molar refractivity (Wildman–Crippen MR) is 111 cm³/mol. The van der Waals surface area contributed by atoms with Crippen LogP contribution in [0.3, 0.4) is 0 Å². The molecule has 154 valence electrons. The lowest BCUT2D eigenvalue weighted by Crippen LogP contribution is -2.25. The lowest BCUT2D eigenvalue weighted by atomic mass is 10.3. The maximum Gasteiger partial charge on any atom is 0.410 e. The molecule has 12 heteroatoms. The summed E-state index contributed by atoms with van der Waals surface area (Å²) in [7, 11) is -3.43. The van der Waals surface area contributed by atoms with Crippen molar-refractivity contribution in [3.05, 3.63) is 33.7 Å². The molecule has 29 heavy (non-hydrogen) atoms. The second-order valence-corrected chi connectivity index (χ2v) is 9.44. The second kappa shape index (κ2) is 8.49. The molecule has 1 fully saturated rings. The van der Waals surface area contributed by atoms with Crippen LogP contribution in [0.1, 0.15) is 18.5 Å². The SMILES string of the molecule is CS(=O)(=O)c1ccc(Oc2cc(I)c(NC(=O)O)nc2CN2CCCC2=O)cn1. The maximum atomic E-state index is 12.0. The molecular formula is C17H17IN4O6S. The molecule has 0 atom stereocenters. The molecule has 2 N–H and O–H groups in total. The fourth-order valence-electron chi connectivity index (χ4n) is 2.73. The van der Waals surface area contributed by atoms with Gasteiger partial charge in [0.25, 0.3) is 0 Å². The van der Waals surface area contributed by atoms with Crippen molar-refractivity contribution >= 4 is 50.2 Å². The number of amides is 2. The first-order chi connectivity index (χ1) is 13.6. The number of carbonyl (C=O) groups is 2. The Kier molecular flexibility index (Phi) is 6.21. The molecule has 0 aliphatic carbocycles. The summed E-state index contributed by atoms with van der Waals surface area (Å²) in [4.78, 5) is 32.8. The fraction of sp³-hybridized carbons (Fsp3) is 0.294. The number of aromatic nitrogens is 2. The number of hydrogen-bond donors (Lipinski definition) is 2. The van der Waals surface area contributed by atoms with Gasteiger partial charge in [-0.05, 0) is 47.2 Å². The van der Waals surface area contributed by atoms with E-state index in [1.807, 2.05) is 22.6 Å². The molecular weight excluding hydrogens is 515 g/mol. The molecule has 3 rings (SSSR count). The number of nitrogens with one attached hydrogen (secondary N) is 1. The second-order valence-electron chi connectivity index (χ2n) is 6.32. The zero-order valence-corrected chi connectivity index (χ0v) is 18.2. The number of ether oxygens (including phenoxy) is 1. The van der Waals surface area contributed by atoms with E-state index in [0.29, 0.717) is 28.0 Å². The van der Waals surface area contributed by atoms with Gasteiger partial charge in [-0.2, -0.15) is 0 Å². The zero-order chi connectivity index (χ0) is 21.2. The summed E-state index contributed by atoms with van der Waals surface area (Å²) < 4.78 is 29.4. The Morgan fingerprint density at radius 3 is 2.72 bits per heavy atom. The summed E-state index contributed by atoms with van der Waals surface area (Å²) in [6.45, 7) is 0.743. The third-order valence-electron chi connectivity index (χ3n) is 4.07. The number of hydrogen-bond acceptors (Lipinski definition) is 7. The van der Waals surface area contributed by atoms with E-state index < -0.39 is 15.9 Å². The van der Waals surface area contributed by atoms with E-state index in [1.165, 1.54) is 18.3 Å². The van der Waals surface area contributed by atoms with Crippen molar-refractivity contribution in [2.24, 2.45) is 0 Å². The topological polar surface area (TPSA) is 139 Å². The Balaban J connectivity index is 1.93. The summed E-state index contributed by atoms with van der Waals surface area (Å²) >= 11 is 1.92.